The summed E-state index contributed by atoms with van der Waals surface area (Å²) in [7, 11) is -16.2. The maximum atomic E-state index is 13.6. The zero-order valence-corrected chi connectivity index (χ0v) is 38.7. The highest BCUT2D eigenvalue weighted by atomic mass is 32.3. The summed E-state index contributed by atoms with van der Waals surface area (Å²) in [6.45, 7) is 4.42. The largest absolute Gasteiger partial charge is 0.397 e. The van der Waals surface area contributed by atoms with Crippen LogP contribution in [0, 0.1) is 0 Å². The normalized spacial score (nSPS) is 20.4. The molecule has 1 aliphatic heterocycles. The lowest BCUT2D eigenvalue weighted by Gasteiger charge is -2.44. The van der Waals surface area contributed by atoms with Crippen LogP contribution < -0.4 is 16.0 Å². The second kappa shape index (κ2) is 31.2. The SMILES string of the molecule is CCCCCCCCCCCCCCNC(=O)[C@H](CS[C@@H]1O[C@H](COS(=O)(=O)O)[C@H](OS(=O)(=O)O)[C@H](OS(=O)(=O)O)[C@H]1NC(C)=O)NC(=O)CCCCCCCCCCC. The van der Waals surface area contributed by atoms with Crippen molar-refractivity contribution in [3.63, 3.8) is 0 Å². The minimum absolute atomic E-state index is 0.130. The molecular formula is C37H71N3O16S4. The number of thioether (sulfide) groups is 1. The van der Waals surface area contributed by atoms with Gasteiger partial charge in [0.2, 0.25) is 17.7 Å². The number of ether oxygens (including phenoxy) is 1. The molecule has 0 bridgehead atoms. The Balaban J connectivity index is 3.12. The van der Waals surface area contributed by atoms with Crippen LogP contribution in [0.1, 0.15) is 162 Å². The Morgan fingerprint density at radius 1 is 0.650 bits per heavy atom. The van der Waals surface area contributed by atoms with Gasteiger partial charge in [-0.15, -0.1) is 11.8 Å². The molecule has 0 aromatic carbocycles. The zero-order valence-electron chi connectivity index (χ0n) is 35.4. The van der Waals surface area contributed by atoms with Gasteiger partial charge in [-0.1, -0.05) is 136 Å². The van der Waals surface area contributed by atoms with Crippen LogP contribution in [-0.2, 0) is 62.9 Å². The van der Waals surface area contributed by atoms with Crippen LogP contribution in [-0.4, -0.2) is 111 Å². The van der Waals surface area contributed by atoms with E-state index in [1.807, 2.05) is 0 Å². The van der Waals surface area contributed by atoms with Gasteiger partial charge in [-0.25, -0.2) is 12.5 Å². The molecule has 0 radical (unpaired) electrons. The molecule has 23 heteroatoms. The predicted octanol–water partition coefficient (Wildman–Crippen LogP) is 5.37. The van der Waals surface area contributed by atoms with Gasteiger partial charge in [0, 0.05) is 25.6 Å². The Kier molecular flexibility index (Phi) is 29.3. The molecule has 6 N–H and O–H groups in total. The zero-order chi connectivity index (χ0) is 45.0. The van der Waals surface area contributed by atoms with Gasteiger partial charge in [0.15, 0.2) is 0 Å². The quantitative estimate of drug-likeness (QED) is 0.0340. The molecule has 19 nitrogen and oxygen atoms in total. The number of unbranched alkanes of at least 4 members (excludes halogenated alkanes) is 19. The second-order valence-electron chi connectivity index (χ2n) is 15.2. The number of carbonyl (C=O) groups is 3. The van der Waals surface area contributed by atoms with Crippen LogP contribution >= 0.6 is 11.8 Å². The first-order chi connectivity index (χ1) is 28.3. The molecule has 0 spiro atoms. The van der Waals surface area contributed by atoms with E-state index in [2.05, 4.69) is 38.2 Å². The third kappa shape index (κ3) is 28.8. The number of amides is 3. The van der Waals surface area contributed by atoms with E-state index in [0.717, 1.165) is 64.7 Å². The monoisotopic (exact) mass is 941 g/mol. The molecule has 354 valence electrons. The van der Waals surface area contributed by atoms with Crippen molar-refractivity contribution >= 4 is 60.7 Å². The molecule has 0 aliphatic carbocycles. The van der Waals surface area contributed by atoms with Crippen molar-refractivity contribution < 1.29 is 70.6 Å². The standard InChI is InChI=1S/C37H71N3O16S4/c1-4-6-8-10-12-14-15-16-18-20-22-24-26-38-36(43)30(40-32(42)25-23-21-19-17-13-11-9-7-5-2)28-57-37-33(39-29(3)41)35(56-60(50,51)52)34(55-59(47,48)49)31(54-37)27-53-58(44,45)46/h30-31,33-35,37H,4-28H2,1-3H3,(H,38,43)(H,39,41)(H,40,42)(H,44,45,46)(H,47,48,49)(H,50,51,52)/t30-,31+,33+,34-,35+,37-/m0/s1. The highest BCUT2D eigenvalue weighted by Crippen LogP contribution is 2.34. The Hall–Kier alpha value is -1.67. The van der Waals surface area contributed by atoms with E-state index in [-0.39, 0.29) is 12.2 Å². The van der Waals surface area contributed by atoms with Crippen molar-refractivity contribution in [1.29, 1.82) is 0 Å². The molecule has 1 rings (SSSR count). The van der Waals surface area contributed by atoms with E-state index in [1.54, 1.807) is 0 Å². The lowest BCUT2D eigenvalue weighted by molar-refractivity contribution is -0.157. The van der Waals surface area contributed by atoms with E-state index in [1.165, 1.54) is 64.2 Å². The summed E-state index contributed by atoms with van der Waals surface area (Å²) in [5, 5.41) is 7.87. The van der Waals surface area contributed by atoms with Crippen molar-refractivity contribution in [2.24, 2.45) is 0 Å². The first-order valence-electron chi connectivity index (χ1n) is 21.3. The summed E-state index contributed by atoms with van der Waals surface area (Å²) in [6, 6.07) is -2.94. The summed E-state index contributed by atoms with van der Waals surface area (Å²) in [6.07, 6.45) is 16.4. The van der Waals surface area contributed by atoms with E-state index >= 15 is 0 Å². The van der Waals surface area contributed by atoms with Crippen molar-refractivity contribution in [3.8, 4) is 0 Å². The second-order valence-corrected chi connectivity index (χ2v) is 19.5. The average Bonchev–Trinajstić information content (AvgIpc) is 3.14. The van der Waals surface area contributed by atoms with E-state index in [9.17, 15) is 53.3 Å². The van der Waals surface area contributed by atoms with Crippen LogP contribution in [0.2, 0.25) is 0 Å². The van der Waals surface area contributed by atoms with Crippen molar-refractivity contribution in [3.05, 3.63) is 0 Å². The van der Waals surface area contributed by atoms with Gasteiger partial charge in [-0.05, 0) is 12.8 Å². The minimum Gasteiger partial charge on any atom is -0.357 e. The molecule has 0 saturated carbocycles. The van der Waals surface area contributed by atoms with Crippen LogP contribution in [0.15, 0.2) is 0 Å². The van der Waals surface area contributed by atoms with Gasteiger partial charge in [0.25, 0.3) is 0 Å². The first kappa shape index (κ1) is 56.3. The molecule has 1 saturated heterocycles. The van der Waals surface area contributed by atoms with Gasteiger partial charge in [0.1, 0.15) is 29.8 Å². The number of hydrogen-bond donors (Lipinski definition) is 6. The summed E-state index contributed by atoms with van der Waals surface area (Å²) in [5.74, 6) is -2.10. The van der Waals surface area contributed by atoms with Crippen molar-refractivity contribution in [2.45, 2.75) is 198 Å². The van der Waals surface area contributed by atoms with E-state index < -0.39 is 91.4 Å². The fourth-order valence-corrected chi connectivity index (χ4v) is 9.37. The molecule has 1 fully saturated rings. The van der Waals surface area contributed by atoms with Crippen LogP contribution in [0.5, 0.6) is 0 Å². The number of carbonyl (C=O) groups excluding carboxylic acids is 3. The van der Waals surface area contributed by atoms with Gasteiger partial charge >= 0.3 is 31.2 Å². The van der Waals surface area contributed by atoms with Crippen molar-refractivity contribution in [1.82, 2.24) is 16.0 Å². The molecule has 60 heavy (non-hydrogen) atoms. The fourth-order valence-electron chi connectivity index (χ4n) is 6.77. The van der Waals surface area contributed by atoms with Gasteiger partial charge in [-0.2, -0.15) is 25.3 Å². The maximum absolute atomic E-state index is 13.6. The minimum atomic E-state index is -5.49. The number of nitrogens with one attached hydrogen (secondary N) is 3. The lowest BCUT2D eigenvalue weighted by Crippen LogP contribution is -2.65. The van der Waals surface area contributed by atoms with Crippen LogP contribution in [0.3, 0.4) is 0 Å². The molecule has 3 amide bonds. The van der Waals surface area contributed by atoms with Crippen LogP contribution in [0.4, 0.5) is 0 Å². The lowest BCUT2D eigenvalue weighted by atomic mass is 9.98. The molecular weight excluding hydrogens is 871 g/mol. The fraction of sp³-hybridized carbons (Fsp3) is 0.919. The molecule has 0 unspecified atom stereocenters. The molecule has 1 heterocycles. The number of rotatable bonds is 36. The molecule has 0 aromatic heterocycles. The summed E-state index contributed by atoms with van der Waals surface area (Å²) in [5.41, 5.74) is -1.54. The van der Waals surface area contributed by atoms with Gasteiger partial charge < -0.3 is 20.7 Å². The smallest absolute Gasteiger partial charge is 0.357 e. The maximum Gasteiger partial charge on any atom is 0.397 e. The molecule has 6 atom stereocenters. The van der Waals surface area contributed by atoms with Crippen LogP contribution in [0.25, 0.3) is 0 Å². The Labute approximate surface area is 362 Å². The Morgan fingerprint density at radius 3 is 1.55 bits per heavy atom. The topological polar surface area (TPSA) is 287 Å². The van der Waals surface area contributed by atoms with Gasteiger partial charge in [-0.3, -0.25) is 28.0 Å². The summed E-state index contributed by atoms with van der Waals surface area (Å²) >= 11 is 0.714. The highest BCUT2D eigenvalue weighted by molar-refractivity contribution is 7.99. The van der Waals surface area contributed by atoms with E-state index in [0.29, 0.717) is 31.1 Å². The average molecular weight is 942 g/mol. The summed E-state index contributed by atoms with van der Waals surface area (Å²) in [4.78, 5) is 39.0. The predicted molar refractivity (Wildman–Crippen MR) is 227 cm³/mol. The van der Waals surface area contributed by atoms with Gasteiger partial charge in [0.05, 0.1) is 12.6 Å². The highest BCUT2D eigenvalue weighted by Gasteiger charge is 2.52. The Bertz CT molecular complexity index is 1550. The third-order valence-electron chi connectivity index (χ3n) is 9.78. The third-order valence-corrected chi connectivity index (χ3v) is 12.4. The number of hydrogen-bond acceptors (Lipinski definition) is 14. The van der Waals surface area contributed by atoms with Crippen molar-refractivity contribution in [2.75, 3.05) is 18.9 Å². The molecule has 0 aromatic rings. The first-order valence-corrected chi connectivity index (χ1v) is 26.4. The summed E-state index contributed by atoms with van der Waals surface area (Å²) < 4.78 is 118. The van der Waals surface area contributed by atoms with E-state index in [4.69, 9.17) is 8.92 Å². The molecule has 1 aliphatic rings. The Morgan fingerprint density at radius 2 is 1.10 bits per heavy atom.